The molecule has 0 aliphatic rings. The van der Waals surface area contributed by atoms with E-state index in [1.165, 1.54) is 17.5 Å². The highest BCUT2D eigenvalue weighted by Crippen LogP contribution is 2.39. The highest BCUT2D eigenvalue weighted by atomic mass is 14.5. The lowest BCUT2D eigenvalue weighted by molar-refractivity contribution is 0.280. The molecular weight excluding hydrogens is 206 g/mol. The Morgan fingerprint density at radius 2 is 1.59 bits per heavy atom. The van der Waals surface area contributed by atoms with Crippen molar-refractivity contribution < 1.29 is 0 Å². The maximum Gasteiger partial charge on any atom is 0.0178 e. The van der Waals surface area contributed by atoms with Crippen LogP contribution in [0.1, 0.15) is 58.1 Å². The maximum atomic E-state index is 5.64. The van der Waals surface area contributed by atoms with Gasteiger partial charge in [-0.15, -0.1) is 0 Å². The Morgan fingerprint density at radius 1 is 1.06 bits per heavy atom. The number of nitrogens with two attached hydrogens (primary N) is 1. The van der Waals surface area contributed by atoms with Crippen LogP contribution < -0.4 is 5.73 Å². The molecule has 0 aliphatic heterocycles. The molecule has 0 spiro atoms. The third-order valence-corrected chi connectivity index (χ3v) is 3.37. The minimum Gasteiger partial charge on any atom is -0.326 e. The van der Waals surface area contributed by atoms with E-state index in [-0.39, 0.29) is 0 Å². The van der Waals surface area contributed by atoms with Crippen LogP contribution in [0.4, 0.5) is 0 Å². The van der Waals surface area contributed by atoms with Crippen molar-refractivity contribution in [1.29, 1.82) is 0 Å². The Kier molecular flexibility index (Phi) is 4.76. The average Bonchev–Trinajstić information content (AvgIpc) is 2.24. The summed E-state index contributed by atoms with van der Waals surface area (Å²) in [5.41, 5.74) is 8.62. The molecule has 1 aromatic carbocycles. The summed E-state index contributed by atoms with van der Waals surface area (Å²) in [5.74, 6) is 1.35. The first kappa shape index (κ1) is 14.2. The van der Waals surface area contributed by atoms with Gasteiger partial charge in [0, 0.05) is 6.54 Å². The van der Waals surface area contributed by atoms with Crippen LogP contribution in [0, 0.1) is 11.3 Å². The van der Waals surface area contributed by atoms with Crippen molar-refractivity contribution in [3.63, 3.8) is 0 Å². The molecule has 1 atom stereocenters. The molecule has 1 aromatic rings. The first-order valence-corrected chi connectivity index (χ1v) is 6.63. The third kappa shape index (κ3) is 4.16. The molecular formula is C16H27N. The van der Waals surface area contributed by atoms with Crippen molar-refractivity contribution >= 4 is 0 Å². The molecule has 96 valence electrons. The number of hydrogen-bond donors (Lipinski definition) is 1. The van der Waals surface area contributed by atoms with Gasteiger partial charge in [-0.2, -0.15) is 0 Å². The smallest absolute Gasteiger partial charge is 0.0178 e. The standard InChI is InChI=1S/C16H27N/c1-12(2)10-15(16(3,4)5)14-8-6-13(11-17)7-9-14/h6-9,12,15H,10-11,17H2,1-5H3. The molecule has 0 aliphatic carbocycles. The van der Waals surface area contributed by atoms with Crippen LogP contribution in [0.3, 0.4) is 0 Å². The Bertz CT molecular complexity index is 330. The zero-order chi connectivity index (χ0) is 13.1. The van der Waals surface area contributed by atoms with Gasteiger partial charge in [0.2, 0.25) is 0 Å². The van der Waals surface area contributed by atoms with E-state index in [1.807, 2.05) is 0 Å². The van der Waals surface area contributed by atoms with Gasteiger partial charge in [0.05, 0.1) is 0 Å². The zero-order valence-corrected chi connectivity index (χ0v) is 12.0. The minimum absolute atomic E-state index is 0.314. The second-order valence-electron chi connectivity index (χ2n) is 6.49. The molecule has 1 nitrogen and oxygen atoms in total. The van der Waals surface area contributed by atoms with Crippen molar-refractivity contribution in [2.24, 2.45) is 17.1 Å². The first-order chi connectivity index (χ1) is 7.84. The van der Waals surface area contributed by atoms with Crippen molar-refractivity contribution in [2.75, 3.05) is 0 Å². The van der Waals surface area contributed by atoms with Gasteiger partial charge in [-0.05, 0) is 34.8 Å². The molecule has 17 heavy (non-hydrogen) atoms. The maximum absolute atomic E-state index is 5.64. The molecule has 0 radical (unpaired) electrons. The third-order valence-electron chi connectivity index (χ3n) is 3.37. The van der Waals surface area contributed by atoms with Gasteiger partial charge in [0.25, 0.3) is 0 Å². The molecule has 0 bridgehead atoms. The van der Waals surface area contributed by atoms with E-state index >= 15 is 0 Å². The summed E-state index contributed by atoms with van der Waals surface area (Å²) in [7, 11) is 0. The van der Waals surface area contributed by atoms with Gasteiger partial charge in [-0.3, -0.25) is 0 Å². The van der Waals surface area contributed by atoms with E-state index in [0.717, 1.165) is 5.92 Å². The Balaban J connectivity index is 2.96. The molecule has 0 saturated carbocycles. The van der Waals surface area contributed by atoms with Crippen molar-refractivity contribution in [2.45, 2.75) is 53.5 Å². The topological polar surface area (TPSA) is 26.0 Å². The largest absolute Gasteiger partial charge is 0.326 e. The van der Waals surface area contributed by atoms with Crippen LogP contribution in [0.15, 0.2) is 24.3 Å². The van der Waals surface area contributed by atoms with E-state index in [1.54, 1.807) is 0 Å². The molecule has 2 N–H and O–H groups in total. The fourth-order valence-corrected chi connectivity index (χ4v) is 2.35. The summed E-state index contributed by atoms with van der Waals surface area (Å²) in [4.78, 5) is 0. The van der Waals surface area contributed by atoms with E-state index in [0.29, 0.717) is 17.9 Å². The van der Waals surface area contributed by atoms with Gasteiger partial charge in [-0.25, -0.2) is 0 Å². The summed E-state index contributed by atoms with van der Waals surface area (Å²) in [6, 6.07) is 8.82. The fraction of sp³-hybridized carbons (Fsp3) is 0.625. The van der Waals surface area contributed by atoms with Crippen LogP contribution in [0.25, 0.3) is 0 Å². The highest BCUT2D eigenvalue weighted by Gasteiger charge is 2.26. The Hall–Kier alpha value is -0.820. The predicted octanol–water partition coefficient (Wildman–Crippen LogP) is 4.32. The molecule has 0 aromatic heterocycles. The van der Waals surface area contributed by atoms with Crippen molar-refractivity contribution in [3.05, 3.63) is 35.4 Å². The SMILES string of the molecule is CC(C)CC(c1ccc(CN)cc1)C(C)(C)C. The minimum atomic E-state index is 0.314. The molecule has 0 heterocycles. The van der Waals surface area contributed by atoms with Gasteiger partial charge in [-0.1, -0.05) is 58.9 Å². The Morgan fingerprint density at radius 3 is 1.94 bits per heavy atom. The van der Waals surface area contributed by atoms with Crippen LogP contribution in [0.5, 0.6) is 0 Å². The molecule has 1 unspecified atom stereocenters. The molecule has 0 saturated heterocycles. The van der Waals surface area contributed by atoms with Gasteiger partial charge in [0.15, 0.2) is 0 Å². The van der Waals surface area contributed by atoms with E-state index in [2.05, 4.69) is 58.9 Å². The van der Waals surface area contributed by atoms with Crippen LogP contribution in [-0.2, 0) is 6.54 Å². The summed E-state index contributed by atoms with van der Waals surface area (Å²) in [5, 5.41) is 0. The Labute approximate surface area is 106 Å². The lowest BCUT2D eigenvalue weighted by Gasteiger charge is -2.32. The average molecular weight is 233 g/mol. The highest BCUT2D eigenvalue weighted by molar-refractivity contribution is 5.26. The second kappa shape index (κ2) is 5.68. The van der Waals surface area contributed by atoms with Gasteiger partial charge in [0.1, 0.15) is 0 Å². The van der Waals surface area contributed by atoms with Gasteiger partial charge < -0.3 is 5.73 Å². The van der Waals surface area contributed by atoms with Crippen molar-refractivity contribution in [1.82, 2.24) is 0 Å². The fourth-order valence-electron chi connectivity index (χ4n) is 2.35. The van der Waals surface area contributed by atoms with E-state index in [9.17, 15) is 0 Å². The summed E-state index contributed by atoms with van der Waals surface area (Å²) in [6.45, 7) is 12.2. The van der Waals surface area contributed by atoms with E-state index in [4.69, 9.17) is 5.73 Å². The summed E-state index contributed by atoms with van der Waals surface area (Å²) in [6.07, 6.45) is 1.24. The number of rotatable bonds is 4. The zero-order valence-electron chi connectivity index (χ0n) is 12.0. The number of benzene rings is 1. The van der Waals surface area contributed by atoms with Crippen LogP contribution >= 0.6 is 0 Å². The molecule has 0 fully saturated rings. The van der Waals surface area contributed by atoms with E-state index < -0.39 is 0 Å². The van der Waals surface area contributed by atoms with Gasteiger partial charge >= 0.3 is 0 Å². The summed E-state index contributed by atoms with van der Waals surface area (Å²) >= 11 is 0. The lowest BCUT2D eigenvalue weighted by atomic mass is 9.72. The monoisotopic (exact) mass is 233 g/mol. The summed E-state index contributed by atoms with van der Waals surface area (Å²) < 4.78 is 0. The molecule has 1 heteroatoms. The number of hydrogen-bond acceptors (Lipinski definition) is 1. The molecule has 1 rings (SSSR count). The second-order valence-corrected chi connectivity index (χ2v) is 6.49. The normalized spacial score (nSPS) is 14.1. The quantitative estimate of drug-likeness (QED) is 0.823. The van der Waals surface area contributed by atoms with Crippen LogP contribution in [-0.4, -0.2) is 0 Å². The van der Waals surface area contributed by atoms with Crippen molar-refractivity contribution in [3.8, 4) is 0 Å². The first-order valence-electron chi connectivity index (χ1n) is 6.63. The molecule has 0 amide bonds. The lowest BCUT2D eigenvalue weighted by Crippen LogP contribution is -2.20. The van der Waals surface area contributed by atoms with Crippen LogP contribution in [0.2, 0.25) is 0 Å². The predicted molar refractivity (Wildman–Crippen MR) is 76.0 cm³/mol.